The van der Waals surface area contributed by atoms with Gasteiger partial charge in [-0.3, -0.25) is 9.69 Å². The van der Waals surface area contributed by atoms with Crippen molar-refractivity contribution in [2.45, 2.75) is 19.1 Å². The number of carboxylic acids is 1. The average Bonchev–Trinajstić information content (AvgIpc) is 2.26. The molecule has 0 radical (unpaired) electrons. The SMILES string of the molecule is O=C(O)CN(Cc1ccc(C(F)F)cc1)CC(F)(F)F. The Bertz CT molecular complexity index is 444. The lowest BCUT2D eigenvalue weighted by Crippen LogP contribution is -2.37. The summed E-state index contributed by atoms with van der Waals surface area (Å²) in [5.41, 5.74) is 0.0919. The Kier molecular flexibility index (Phi) is 5.43. The molecular formula is C12H12F5NO2. The smallest absolute Gasteiger partial charge is 0.401 e. The highest BCUT2D eigenvalue weighted by Gasteiger charge is 2.31. The van der Waals surface area contributed by atoms with Gasteiger partial charge in [0, 0.05) is 12.1 Å². The molecule has 0 aromatic heterocycles. The molecule has 0 amide bonds. The van der Waals surface area contributed by atoms with Crippen LogP contribution in [0.4, 0.5) is 22.0 Å². The van der Waals surface area contributed by atoms with Crippen LogP contribution in [0.15, 0.2) is 24.3 Å². The van der Waals surface area contributed by atoms with E-state index in [0.717, 1.165) is 12.1 Å². The van der Waals surface area contributed by atoms with Crippen molar-refractivity contribution in [3.05, 3.63) is 35.4 Å². The molecule has 0 unspecified atom stereocenters. The molecule has 0 atom stereocenters. The van der Waals surface area contributed by atoms with Crippen molar-refractivity contribution in [1.82, 2.24) is 4.90 Å². The fourth-order valence-corrected chi connectivity index (χ4v) is 1.64. The third-order valence-corrected chi connectivity index (χ3v) is 2.40. The van der Waals surface area contributed by atoms with Crippen molar-refractivity contribution < 1.29 is 31.9 Å². The number of rotatable bonds is 6. The zero-order valence-electron chi connectivity index (χ0n) is 10.2. The van der Waals surface area contributed by atoms with Gasteiger partial charge < -0.3 is 5.11 Å². The van der Waals surface area contributed by atoms with Crippen LogP contribution in [0.25, 0.3) is 0 Å². The van der Waals surface area contributed by atoms with Crippen molar-refractivity contribution in [2.75, 3.05) is 13.1 Å². The van der Waals surface area contributed by atoms with Gasteiger partial charge in [0.2, 0.25) is 0 Å². The molecule has 0 saturated heterocycles. The highest BCUT2D eigenvalue weighted by molar-refractivity contribution is 5.69. The summed E-state index contributed by atoms with van der Waals surface area (Å²) >= 11 is 0. The molecule has 8 heteroatoms. The van der Waals surface area contributed by atoms with Crippen LogP contribution in [0.2, 0.25) is 0 Å². The van der Waals surface area contributed by atoms with E-state index in [-0.39, 0.29) is 12.1 Å². The first-order valence-corrected chi connectivity index (χ1v) is 5.55. The van der Waals surface area contributed by atoms with Crippen LogP contribution >= 0.6 is 0 Å². The van der Waals surface area contributed by atoms with E-state index in [9.17, 15) is 26.7 Å². The van der Waals surface area contributed by atoms with Crippen LogP contribution in [0.5, 0.6) is 0 Å². The molecule has 3 nitrogen and oxygen atoms in total. The van der Waals surface area contributed by atoms with Crippen molar-refractivity contribution in [3.63, 3.8) is 0 Å². The molecular weight excluding hydrogens is 285 g/mol. The number of hydrogen-bond acceptors (Lipinski definition) is 2. The predicted octanol–water partition coefficient (Wildman–Crippen LogP) is 3.07. The Morgan fingerprint density at radius 1 is 1.20 bits per heavy atom. The van der Waals surface area contributed by atoms with Gasteiger partial charge in [-0.05, 0) is 5.56 Å². The Labute approximate surface area is 111 Å². The number of aliphatic carboxylic acids is 1. The normalized spacial score (nSPS) is 12.2. The van der Waals surface area contributed by atoms with Crippen LogP contribution in [0.3, 0.4) is 0 Å². The van der Waals surface area contributed by atoms with E-state index in [2.05, 4.69) is 0 Å². The highest BCUT2D eigenvalue weighted by atomic mass is 19.4. The molecule has 0 aliphatic heterocycles. The van der Waals surface area contributed by atoms with Gasteiger partial charge in [-0.25, -0.2) is 8.78 Å². The van der Waals surface area contributed by atoms with Gasteiger partial charge in [-0.2, -0.15) is 13.2 Å². The number of halogens is 5. The molecule has 0 spiro atoms. The summed E-state index contributed by atoms with van der Waals surface area (Å²) in [6.45, 7) is -2.44. The van der Waals surface area contributed by atoms with Gasteiger partial charge in [0.25, 0.3) is 6.43 Å². The fraction of sp³-hybridized carbons (Fsp3) is 0.417. The summed E-state index contributed by atoms with van der Waals surface area (Å²) in [5.74, 6) is -1.39. The monoisotopic (exact) mass is 297 g/mol. The number of hydrogen-bond donors (Lipinski definition) is 1. The third-order valence-electron chi connectivity index (χ3n) is 2.40. The van der Waals surface area contributed by atoms with Crippen LogP contribution in [0, 0.1) is 0 Å². The molecule has 0 bridgehead atoms. The van der Waals surface area contributed by atoms with Crippen molar-refractivity contribution in [3.8, 4) is 0 Å². The number of nitrogens with zero attached hydrogens (tertiary/aromatic N) is 1. The van der Waals surface area contributed by atoms with Gasteiger partial charge in [-0.1, -0.05) is 24.3 Å². The fourth-order valence-electron chi connectivity index (χ4n) is 1.64. The molecule has 0 saturated carbocycles. The van der Waals surface area contributed by atoms with Gasteiger partial charge in [-0.15, -0.1) is 0 Å². The number of carboxylic acid groups (broad SMARTS) is 1. The Hall–Kier alpha value is -1.70. The minimum Gasteiger partial charge on any atom is -0.480 e. The summed E-state index contributed by atoms with van der Waals surface area (Å²) in [6.07, 6.45) is -7.19. The number of alkyl halides is 5. The molecule has 1 aromatic rings. The van der Waals surface area contributed by atoms with Crippen molar-refractivity contribution >= 4 is 5.97 Å². The Morgan fingerprint density at radius 3 is 2.15 bits per heavy atom. The molecule has 0 heterocycles. The van der Waals surface area contributed by atoms with Gasteiger partial charge >= 0.3 is 12.1 Å². The van der Waals surface area contributed by atoms with Crippen LogP contribution in [-0.2, 0) is 11.3 Å². The maximum atomic E-state index is 12.3. The maximum absolute atomic E-state index is 12.3. The van der Waals surface area contributed by atoms with E-state index in [4.69, 9.17) is 5.11 Å². The predicted molar refractivity (Wildman–Crippen MR) is 60.4 cm³/mol. The molecule has 0 aliphatic carbocycles. The Morgan fingerprint density at radius 2 is 1.75 bits per heavy atom. The van der Waals surface area contributed by atoms with Gasteiger partial charge in [0.1, 0.15) is 0 Å². The molecule has 0 fully saturated rings. The first-order valence-electron chi connectivity index (χ1n) is 5.55. The highest BCUT2D eigenvalue weighted by Crippen LogP contribution is 2.21. The molecule has 1 N–H and O–H groups in total. The van der Waals surface area contributed by atoms with Crippen molar-refractivity contribution in [1.29, 1.82) is 0 Å². The molecule has 20 heavy (non-hydrogen) atoms. The summed E-state index contributed by atoms with van der Waals surface area (Å²) in [4.78, 5) is 11.2. The van der Waals surface area contributed by atoms with Crippen LogP contribution in [-0.4, -0.2) is 35.2 Å². The van der Waals surface area contributed by atoms with E-state index < -0.39 is 31.7 Å². The topological polar surface area (TPSA) is 40.5 Å². The largest absolute Gasteiger partial charge is 0.480 e. The Balaban J connectivity index is 2.75. The number of benzene rings is 1. The van der Waals surface area contributed by atoms with E-state index in [1.807, 2.05) is 0 Å². The minimum absolute atomic E-state index is 0.241. The number of carbonyl (C=O) groups is 1. The second-order valence-corrected chi connectivity index (χ2v) is 4.20. The van der Waals surface area contributed by atoms with E-state index in [1.54, 1.807) is 0 Å². The lowest BCUT2D eigenvalue weighted by molar-refractivity contribution is -0.154. The summed E-state index contributed by atoms with van der Waals surface area (Å²) in [6, 6.07) is 4.72. The second-order valence-electron chi connectivity index (χ2n) is 4.20. The average molecular weight is 297 g/mol. The maximum Gasteiger partial charge on any atom is 0.401 e. The van der Waals surface area contributed by atoms with E-state index >= 15 is 0 Å². The van der Waals surface area contributed by atoms with Crippen molar-refractivity contribution in [2.24, 2.45) is 0 Å². The van der Waals surface area contributed by atoms with E-state index in [0.29, 0.717) is 10.5 Å². The lowest BCUT2D eigenvalue weighted by atomic mass is 10.1. The van der Waals surface area contributed by atoms with Crippen LogP contribution < -0.4 is 0 Å². The lowest BCUT2D eigenvalue weighted by Gasteiger charge is -2.21. The first-order chi connectivity index (χ1) is 9.17. The minimum atomic E-state index is -4.53. The first kappa shape index (κ1) is 16.4. The molecule has 112 valence electrons. The summed E-state index contributed by atoms with van der Waals surface area (Å²) in [7, 11) is 0. The summed E-state index contributed by atoms with van der Waals surface area (Å²) in [5, 5.41) is 8.57. The quantitative estimate of drug-likeness (QED) is 0.820. The van der Waals surface area contributed by atoms with Gasteiger partial charge in [0.05, 0.1) is 13.1 Å². The molecule has 1 aromatic carbocycles. The zero-order valence-corrected chi connectivity index (χ0v) is 10.2. The third kappa shape index (κ3) is 5.96. The van der Waals surface area contributed by atoms with Gasteiger partial charge in [0.15, 0.2) is 0 Å². The zero-order chi connectivity index (χ0) is 15.3. The molecule has 1 rings (SSSR count). The van der Waals surface area contributed by atoms with Crippen LogP contribution in [0.1, 0.15) is 17.6 Å². The second kappa shape index (κ2) is 6.65. The van der Waals surface area contributed by atoms with E-state index in [1.165, 1.54) is 12.1 Å². The summed E-state index contributed by atoms with van der Waals surface area (Å²) < 4.78 is 61.5. The molecule has 0 aliphatic rings. The standard InChI is InChI=1S/C12H12F5NO2/c13-11(14)9-3-1-8(2-4-9)5-18(6-10(19)20)7-12(15,16)17/h1-4,11H,5-7H2,(H,19,20).